The average molecular weight is 214 g/mol. The Morgan fingerprint density at radius 1 is 1.47 bits per heavy atom. The highest BCUT2D eigenvalue weighted by Gasteiger charge is 2.25. The molecule has 1 aliphatic rings. The van der Waals surface area contributed by atoms with Crippen molar-refractivity contribution < 1.29 is 14.7 Å². The Hall–Kier alpha value is -1.10. The summed E-state index contributed by atoms with van der Waals surface area (Å²) in [5.41, 5.74) is 0. The largest absolute Gasteiger partial charge is 0.396 e. The van der Waals surface area contributed by atoms with Gasteiger partial charge in [-0.25, -0.2) is 0 Å². The van der Waals surface area contributed by atoms with Crippen LogP contribution in [0.5, 0.6) is 0 Å². The van der Waals surface area contributed by atoms with Crippen molar-refractivity contribution in [1.82, 2.24) is 10.6 Å². The van der Waals surface area contributed by atoms with E-state index in [0.717, 1.165) is 12.8 Å². The van der Waals surface area contributed by atoms with Crippen molar-refractivity contribution in [3.8, 4) is 0 Å². The summed E-state index contributed by atoms with van der Waals surface area (Å²) in [7, 11) is 0. The predicted molar refractivity (Wildman–Crippen MR) is 55.1 cm³/mol. The summed E-state index contributed by atoms with van der Waals surface area (Å²) in [6.07, 6.45) is 2.77. The van der Waals surface area contributed by atoms with Gasteiger partial charge in [0.1, 0.15) is 6.04 Å². The van der Waals surface area contributed by atoms with Crippen LogP contribution >= 0.6 is 0 Å². The van der Waals surface area contributed by atoms with E-state index in [0.29, 0.717) is 12.5 Å². The van der Waals surface area contributed by atoms with Gasteiger partial charge in [-0.2, -0.15) is 0 Å². The van der Waals surface area contributed by atoms with Crippen LogP contribution in [0.4, 0.5) is 0 Å². The molecule has 2 amide bonds. The van der Waals surface area contributed by atoms with Gasteiger partial charge >= 0.3 is 0 Å². The van der Waals surface area contributed by atoms with Gasteiger partial charge in [0, 0.05) is 19.1 Å². The van der Waals surface area contributed by atoms with Crippen molar-refractivity contribution in [3.63, 3.8) is 0 Å². The number of aliphatic hydroxyl groups is 1. The molecule has 0 heterocycles. The predicted octanol–water partition coefficient (Wildman–Crippen LogP) is -0.458. The summed E-state index contributed by atoms with van der Waals surface area (Å²) in [5.74, 6) is -0.322. The molecule has 1 fully saturated rings. The number of amides is 2. The Bertz CT molecular complexity index is 239. The Kier molecular flexibility index (Phi) is 4.55. The maximum atomic E-state index is 11.4. The van der Waals surface area contributed by atoms with E-state index in [4.69, 9.17) is 5.11 Å². The first kappa shape index (κ1) is 12.0. The molecular formula is C10H18N2O3. The van der Waals surface area contributed by atoms with E-state index >= 15 is 0 Å². The quantitative estimate of drug-likeness (QED) is 0.560. The third-order valence-electron chi connectivity index (χ3n) is 2.26. The van der Waals surface area contributed by atoms with E-state index in [1.54, 1.807) is 6.92 Å². The lowest BCUT2D eigenvalue weighted by Crippen LogP contribution is -2.45. The van der Waals surface area contributed by atoms with Gasteiger partial charge in [0.25, 0.3) is 0 Å². The average Bonchev–Trinajstić information content (AvgIpc) is 2.98. The highest BCUT2D eigenvalue weighted by Crippen LogP contribution is 2.18. The van der Waals surface area contributed by atoms with Crippen molar-refractivity contribution in [3.05, 3.63) is 0 Å². The summed E-state index contributed by atoms with van der Waals surface area (Å²) in [5, 5.41) is 13.9. The van der Waals surface area contributed by atoms with Gasteiger partial charge in [0.2, 0.25) is 11.8 Å². The molecule has 5 nitrogen and oxygen atoms in total. The van der Waals surface area contributed by atoms with Gasteiger partial charge in [0.15, 0.2) is 0 Å². The van der Waals surface area contributed by atoms with E-state index < -0.39 is 6.04 Å². The van der Waals surface area contributed by atoms with Gasteiger partial charge in [-0.3, -0.25) is 9.59 Å². The van der Waals surface area contributed by atoms with Gasteiger partial charge in [-0.05, 0) is 26.2 Å². The number of nitrogens with one attached hydrogen (secondary N) is 2. The van der Waals surface area contributed by atoms with E-state index in [1.165, 1.54) is 0 Å². The number of rotatable bonds is 6. The van der Waals surface area contributed by atoms with Gasteiger partial charge in [0.05, 0.1) is 0 Å². The zero-order valence-electron chi connectivity index (χ0n) is 8.95. The van der Waals surface area contributed by atoms with Crippen LogP contribution < -0.4 is 10.6 Å². The number of carbonyl (C=O) groups excluding carboxylic acids is 2. The second-order valence-corrected chi connectivity index (χ2v) is 3.90. The minimum atomic E-state index is -0.489. The summed E-state index contributed by atoms with van der Waals surface area (Å²) < 4.78 is 0. The highest BCUT2D eigenvalue weighted by molar-refractivity contribution is 5.87. The maximum absolute atomic E-state index is 11.4. The number of hydrogen-bond donors (Lipinski definition) is 3. The molecule has 5 heteroatoms. The third-order valence-corrected chi connectivity index (χ3v) is 2.26. The monoisotopic (exact) mass is 214 g/mol. The molecule has 0 radical (unpaired) electrons. The van der Waals surface area contributed by atoms with Crippen molar-refractivity contribution >= 4 is 11.8 Å². The molecule has 0 spiro atoms. The molecule has 1 unspecified atom stereocenters. The summed E-state index contributed by atoms with van der Waals surface area (Å²) >= 11 is 0. The Morgan fingerprint density at radius 2 is 2.13 bits per heavy atom. The zero-order valence-corrected chi connectivity index (χ0v) is 8.95. The molecule has 0 saturated heterocycles. The molecule has 0 aliphatic heterocycles. The number of aliphatic hydroxyl groups excluding tert-OH is 1. The van der Waals surface area contributed by atoms with Crippen LogP contribution in [0.1, 0.15) is 32.6 Å². The molecule has 1 atom stereocenters. The molecule has 0 aromatic heterocycles. The third kappa shape index (κ3) is 4.78. The second kappa shape index (κ2) is 5.70. The molecule has 0 bridgehead atoms. The van der Waals surface area contributed by atoms with Crippen LogP contribution in [0.15, 0.2) is 0 Å². The minimum Gasteiger partial charge on any atom is -0.396 e. The summed E-state index contributed by atoms with van der Waals surface area (Å²) in [6, 6.07) is -0.175. The minimum absolute atomic E-state index is 0.00390. The lowest BCUT2D eigenvalue weighted by atomic mass is 10.2. The Labute approximate surface area is 89.2 Å². The topological polar surface area (TPSA) is 78.4 Å². The van der Waals surface area contributed by atoms with Crippen molar-refractivity contribution in [2.45, 2.75) is 44.7 Å². The maximum Gasteiger partial charge on any atom is 0.242 e. The van der Waals surface area contributed by atoms with Gasteiger partial charge in [-0.1, -0.05) is 0 Å². The van der Waals surface area contributed by atoms with Crippen LogP contribution in [-0.4, -0.2) is 35.6 Å². The lowest BCUT2D eigenvalue weighted by Gasteiger charge is -2.13. The van der Waals surface area contributed by atoms with Crippen LogP contribution in [0.2, 0.25) is 0 Å². The van der Waals surface area contributed by atoms with Crippen LogP contribution in [0.3, 0.4) is 0 Å². The van der Waals surface area contributed by atoms with Crippen molar-refractivity contribution in [2.75, 3.05) is 6.61 Å². The SMILES string of the molecule is CC(NC(=O)CCCO)C(=O)NC1CC1. The molecule has 1 saturated carbocycles. The van der Waals surface area contributed by atoms with E-state index in [-0.39, 0.29) is 24.8 Å². The van der Waals surface area contributed by atoms with E-state index in [9.17, 15) is 9.59 Å². The number of carbonyl (C=O) groups is 2. The first-order valence-corrected chi connectivity index (χ1v) is 5.34. The first-order chi connectivity index (χ1) is 7.13. The smallest absolute Gasteiger partial charge is 0.242 e. The molecule has 3 N–H and O–H groups in total. The van der Waals surface area contributed by atoms with Gasteiger partial charge in [-0.15, -0.1) is 0 Å². The Morgan fingerprint density at radius 3 is 2.67 bits per heavy atom. The second-order valence-electron chi connectivity index (χ2n) is 3.90. The molecule has 86 valence electrons. The molecule has 0 aromatic carbocycles. The fraction of sp³-hybridized carbons (Fsp3) is 0.800. The fourth-order valence-electron chi connectivity index (χ4n) is 1.17. The van der Waals surface area contributed by atoms with Crippen LogP contribution in [0.25, 0.3) is 0 Å². The van der Waals surface area contributed by atoms with Crippen LogP contribution in [0, 0.1) is 0 Å². The standard InChI is InChI=1S/C10H18N2O3/c1-7(10(15)12-8-4-5-8)11-9(14)3-2-6-13/h7-8,13H,2-6H2,1H3,(H,11,14)(H,12,15). The number of hydrogen-bond acceptors (Lipinski definition) is 3. The normalized spacial score (nSPS) is 16.9. The summed E-state index contributed by atoms with van der Waals surface area (Å²) in [4.78, 5) is 22.6. The molecule has 1 aliphatic carbocycles. The first-order valence-electron chi connectivity index (χ1n) is 5.34. The highest BCUT2D eigenvalue weighted by atomic mass is 16.3. The lowest BCUT2D eigenvalue weighted by molar-refractivity contribution is -0.128. The molecule has 0 aromatic rings. The molecular weight excluding hydrogens is 196 g/mol. The summed E-state index contributed by atoms with van der Waals surface area (Å²) in [6.45, 7) is 1.66. The molecule has 1 rings (SSSR count). The molecule has 15 heavy (non-hydrogen) atoms. The van der Waals surface area contributed by atoms with Crippen molar-refractivity contribution in [2.24, 2.45) is 0 Å². The Balaban J connectivity index is 2.17. The van der Waals surface area contributed by atoms with E-state index in [1.807, 2.05) is 0 Å². The van der Waals surface area contributed by atoms with Crippen LogP contribution in [-0.2, 0) is 9.59 Å². The fourth-order valence-corrected chi connectivity index (χ4v) is 1.17. The van der Waals surface area contributed by atoms with Gasteiger partial charge < -0.3 is 15.7 Å². The zero-order chi connectivity index (χ0) is 11.3. The van der Waals surface area contributed by atoms with Crippen molar-refractivity contribution in [1.29, 1.82) is 0 Å². The van der Waals surface area contributed by atoms with E-state index in [2.05, 4.69) is 10.6 Å².